The second kappa shape index (κ2) is 6.87. The zero-order valence-corrected chi connectivity index (χ0v) is 11.9. The molecule has 6 nitrogen and oxygen atoms in total. The summed E-state index contributed by atoms with van der Waals surface area (Å²) in [5, 5.41) is 2.87. The number of nitrogens with one attached hydrogen (secondary N) is 1. The molecule has 3 rings (SSSR count). The second-order valence-corrected chi connectivity index (χ2v) is 5.33. The molecule has 0 aliphatic carbocycles. The van der Waals surface area contributed by atoms with Gasteiger partial charge in [-0.2, -0.15) is 0 Å². The Morgan fingerprint density at radius 2 is 2.33 bits per heavy atom. The van der Waals surface area contributed by atoms with Crippen molar-refractivity contribution in [3.8, 4) is 5.88 Å². The van der Waals surface area contributed by atoms with Gasteiger partial charge in [-0.15, -0.1) is 0 Å². The lowest BCUT2D eigenvalue weighted by Crippen LogP contribution is -2.31. The summed E-state index contributed by atoms with van der Waals surface area (Å²) < 4.78 is 16.4. The fraction of sp³-hybridized carbons (Fsp3) is 0.600. The summed E-state index contributed by atoms with van der Waals surface area (Å²) in [6, 6.07) is 3.45. The van der Waals surface area contributed by atoms with Crippen LogP contribution in [0.25, 0.3) is 0 Å². The van der Waals surface area contributed by atoms with E-state index < -0.39 is 0 Å². The van der Waals surface area contributed by atoms with E-state index in [1.165, 1.54) is 6.20 Å². The SMILES string of the molecule is O=C(NCC1CCCO1)c1ccc(OC2CCOC2)nc1. The van der Waals surface area contributed by atoms with Gasteiger partial charge in [0.15, 0.2) is 0 Å². The minimum Gasteiger partial charge on any atom is -0.472 e. The number of amides is 1. The van der Waals surface area contributed by atoms with Crippen molar-refractivity contribution in [2.75, 3.05) is 26.4 Å². The first-order valence-electron chi connectivity index (χ1n) is 7.41. The number of nitrogens with zero attached hydrogens (tertiary/aromatic N) is 1. The van der Waals surface area contributed by atoms with Gasteiger partial charge in [-0.05, 0) is 18.9 Å². The molecule has 2 unspecified atom stereocenters. The molecule has 1 aromatic rings. The van der Waals surface area contributed by atoms with Crippen molar-refractivity contribution in [2.24, 2.45) is 0 Å². The Morgan fingerprint density at radius 1 is 1.38 bits per heavy atom. The van der Waals surface area contributed by atoms with Crippen molar-refractivity contribution in [2.45, 2.75) is 31.5 Å². The average molecular weight is 292 g/mol. The Labute approximate surface area is 123 Å². The molecule has 2 aliphatic heterocycles. The summed E-state index contributed by atoms with van der Waals surface area (Å²) in [6.07, 6.45) is 4.71. The maximum absolute atomic E-state index is 12.0. The van der Waals surface area contributed by atoms with E-state index in [-0.39, 0.29) is 18.1 Å². The molecule has 1 amide bonds. The van der Waals surface area contributed by atoms with E-state index in [4.69, 9.17) is 14.2 Å². The third-order valence-corrected chi connectivity index (χ3v) is 3.69. The first-order valence-corrected chi connectivity index (χ1v) is 7.41. The number of carbonyl (C=O) groups excluding carboxylic acids is 1. The number of pyridine rings is 1. The van der Waals surface area contributed by atoms with Crippen LogP contribution in [0.5, 0.6) is 5.88 Å². The van der Waals surface area contributed by atoms with Crippen LogP contribution >= 0.6 is 0 Å². The molecule has 2 fully saturated rings. The van der Waals surface area contributed by atoms with E-state index in [1.54, 1.807) is 12.1 Å². The topological polar surface area (TPSA) is 69.7 Å². The first-order chi connectivity index (χ1) is 10.3. The maximum Gasteiger partial charge on any atom is 0.252 e. The molecule has 1 aromatic heterocycles. The zero-order chi connectivity index (χ0) is 14.5. The van der Waals surface area contributed by atoms with Crippen LogP contribution in [-0.2, 0) is 9.47 Å². The molecule has 0 aromatic carbocycles. The quantitative estimate of drug-likeness (QED) is 0.882. The van der Waals surface area contributed by atoms with Crippen LogP contribution in [0.4, 0.5) is 0 Å². The van der Waals surface area contributed by atoms with Crippen LogP contribution in [0.15, 0.2) is 18.3 Å². The lowest BCUT2D eigenvalue weighted by atomic mass is 10.2. The van der Waals surface area contributed by atoms with Gasteiger partial charge in [-0.3, -0.25) is 4.79 Å². The minimum atomic E-state index is -0.131. The molecule has 2 aliphatic rings. The molecule has 0 radical (unpaired) electrons. The van der Waals surface area contributed by atoms with E-state index in [1.807, 2.05) is 0 Å². The van der Waals surface area contributed by atoms with Gasteiger partial charge in [0.1, 0.15) is 6.10 Å². The highest BCUT2D eigenvalue weighted by molar-refractivity contribution is 5.93. The van der Waals surface area contributed by atoms with Crippen molar-refractivity contribution < 1.29 is 19.0 Å². The molecule has 2 atom stereocenters. The second-order valence-electron chi connectivity index (χ2n) is 5.33. The molecular formula is C15H20N2O4. The van der Waals surface area contributed by atoms with Gasteiger partial charge in [0.25, 0.3) is 5.91 Å². The zero-order valence-electron chi connectivity index (χ0n) is 11.9. The smallest absolute Gasteiger partial charge is 0.252 e. The number of aromatic nitrogens is 1. The fourth-order valence-electron chi connectivity index (χ4n) is 2.47. The summed E-state index contributed by atoms with van der Waals surface area (Å²) >= 11 is 0. The maximum atomic E-state index is 12.0. The number of hydrogen-bond donors (Lipinski definition) is 1. The molecule has 2 saturated heterocycles. The predicted molar refractivity (Wildman–Crippen MR) is 75.4 cm³/mol. The van der Waals surface area contributed by atoms with Gasteiger partial charge < -0.3 is 19.5 Å². The average Bonchev–Trinajstić information content (AvgIpc) is 3.19. The Hall–Kier alpha value is -1.66. The standard InChI is InChI=1S/C15H20N2O4/c18-15(17-9-12-2-1-6-20-12)11-3-4-14(16-8-11)21-13-5-7-19-10-13/h3-4,8,12-13H,1-2,5-7,9-10H2,(H,17,18). The number of hydrogen-bond acceptors (Lipinski definition) is 5. The molecular weight excluding hydrogens is 272 g/mol. The van der Waals surface area contributed by atoms with E-state index in [0.29, 0.717) is 24.6 Å². The van der Waals surface area contributed by atoms with Crippen molar-refractivity contribution in [3.05, 3.63) is 23.9 Å². The summed E-state index contributed by atoms with van der Waals surface area (Å²) in [5.74, 6) is 0.398. The van der Waals surface area contributed by atoms with E-state index >= 15 is 0 Å². The Balaban J connectivity index is 1.49. The molecule has 0 spiro atoms. The lowest BCUT2D eigenvalue weighted by Gasteiger charge is -2.12. The monoisotopic (exact) mass is 292 g/mol. The molecule has 21 heavy (non-hydrogen) atoms. The molecule has 0 saturated carbocycles. The van der Waals surface area contributed by atoms with E-state index in [9.17, 15) is 4.79 Å². The number of carbonyl (C=O) groups is 1. The normalized spacial score (nSPS) is 25.0. The Kier molecular flexibility index (Phi) is 4.67. The summed E-state index contributed by atoms with van der Waals surface area (Å²) in [5.41, 5.74) is 0.531. The lowest BCUT2D eigenvalue weighted by molar-refractivity contribution is 0.0857. The third-order valence-electron chi connectivity index (χ3n) is 3.69. The van der Waals surface area contributed by atoms with Crippen molar-refractivity contribution in [3.63, 3.8) is 0 Å². The largest absolute Gasteiger partial charge is 0.472 e. The van der Waals surface area contributed by atoms with Crippen LogP contribution in [0, 0.1) is 0 Å². The van der Waals surface area contributed by atoms with Gasteiger partial charge in [-0.1, -0.05) is 0 Å². The highest BCUT2D eigenvalue weighted by atomic mass is 16.5. The van der Waals surface area contributed by atoms with E-state index in [0.717, 1.165) is 32.5 Å². The van der Waals surface area contributed by atoms with Crippen LogP contribution in [0.1, 0.15) is 29.6 Å². The Morgan fingerprint density at radius 3 is 3.00 bits per heavy atom. The van der Waals surface area contributed by atoms with Gasteiger partial charge in [0, 0.05) is 31.8 Å². The minimum absolute atomic E-state index is 0.0664. The summed E-state index contributed by atoms with van der Waals surface area (Å²) in [7, 11) is 0. The molecule has 0 bridgehead atoms. The fourth-order valence-corrected chi connectivity index (χ4v) is 2.47. The molecule has 1 N–H and O–H groups in total. The summed E-state index contributed by atoms with van der Waals surface area (Å²) in [4.78, 5) is 16.2. The van der Waals surface area contributed by atoms with Crippen molar-refractivity contribution in [1.29, 1.82) is 0 Å². The molecule has 3 heterocycles. The van der Waals surface area contributed by atoms with Crippen LogP contribution in [-0.4, -0.2) is 49.5 Å². The summed E-state index contributed by atoms with van der Waals surface area (Å²) in [6.45, 7) is 2.68. The van der Waals surface area contributed by atoms with Crippen LogP contribution in [0.2, 0.25) is 0 Å². The van der Waals surface area contributed by atoms with Gasteiger partial charge in [-0.25, -0.2) is 4.98 Å². The molecule has 6 heteroatoms. The van der Waals surface area contributed by atoms with Crippen molar-refractivity contribution in [1.82, 2.24) is 10.3 Å². The van der Waals surface area contributed by atoms with Gasteiger partial charge >= 0.3 is 0 Å². The number of rotatable bonds is 5. The highest BCUT2D eigenvalue weighted by Crippen LogP contribution is 2.15. The first kappa shape index (κ1) is 14.3. The molecule has 114 valence electrons. The highest BCUT2D eigenvalue weighted by Gasteiger charge is 2.19. The van der Waals surface area contributed by atoms with Gasteiger partial charge in [0.05, 0.1) is 24.9 Å². The van der Waals surface area contributed by atoms with Crippen LogP contribution in [0.3, 0.4) is 0 Å². The van der Waals surface area contributed by atoms with Crippen LogP contribution < -0.4 is 10.1 Å². The van der Waals surface area contributed by atoms with Crippen molar-refractivity contribution >= 4 is 5.91 Å². The van der Waals surface area contributed by atoms with Gasteiger partial charge in [0.2, 0.25) is 5.88 Å². The number of ether oxygens (including phenoxy) is 3. The predicted octanol–water partition coefficient (Wildman–Crippen LogP) is 1.16. The van der Waals surface area contributed by atoms with E-state index in [2.05, 4.69) is 10.3 Å². The third kappa shape index (κ3) is 3.92. The Bertz CT molecular complexity index is 465.